The van der Waals surface area contributed by atoms with Gasteiger partial charge in [0.05, 0.1) is 9.23 Å². The smallest absolute Gasteiger partial charge is 0.241 e. The molecule has 0 fully saturated rings. The van der Waals surface area contributed by atoms with Crippen LogP contribution >= 0.6 is 34.5 Å². The zero-order valence-corrected chi connectivity index (χ0v) is 13.6. The first kappa shape index (κ1) is 15.6. The minimum absolute atomic E-state index is 0.0493. The molecule has 0 saturated heterocycles. The Labute approximate surface area is 131 Å². The molecule has 1 aromatic carbocycles. The second kappa shape index (κ2) is 5.91. The fraction of sp³-hybridized carbons (Fsp3) is 0.167. The van der Waals surface area contributed by atoms with E-state index in [9.17, 15) is 8.42 Å². The van der Waals surface area contributed by atoms with Gasteiger partial charge in [-0.05, 0) is 36.8 Å². The Bertz CT molecular complexity index is 719. The monoisotopic (exact) mass is 350 g/mol. The minimum Gasteiger partial charge on any atom is -0.398 e. The molecule has 0 unspecified atom stereocenters. The van der Waals surface area contributed by atoms with Gasteiger partial charge >= 0.3 is 0 Å². The molecule has 0 amide bonds. The summed E-state index contributed by atoms with van der Waals surface area (Å²) >= 11 is 13.1. The van der Waals surface area contributed by atoms with Gasteiger partial charge in [0.2, 0.25) is 10.0 Å². The van der Waals surface area contributed by atoms with Crippen molar-refractivity contribution in [3.8, 4) is 0 Å². The zero-order chi connectivity index (χ0) is 14.9. The van der Waals surface area contributed by atoms with Crippen LogP contribution in [0.4, 0.5) is 5.69 Å². The number of rotatable bonds is 4. The Morgan fingerprint density at radius 1 is 1.30 bits per heavy atom. The molecule has 0 radical (unpaired) electrons. The van der Waals surface area contributed by atoms with E-state index in [-0.39, 0.29) is 11.4 Å². The number of thiophene rings is 1. The summed E-state index contributed by atoms with van der Waals surface area (Å²) in [4.78, 5) is 0.873. The lowest BCUT2D eigenvalue weighted by molar-refractivity contribution is 0.582. The van der Waals surface area contributed by atoms with E-state index in [0.29, 0.717) is 20.6 Å². The van der Waals surface area contributed by atoms with E-state index in [0.717, 1.165) is 4.88 Å². The van der Waals surface area contributed by atoms with Gasteiger partial charge in [-0.2, -0.15) is 0 Å². The summed E-state index contributed by atoms with van der Waals surface area (Å²) in [5, 5.41) is 0.324. The molecule has 2 aromatic rings. The highest BCUT2D eigenvalue weighted by Gasteiger charge is 2.17. The van der Waals surface area contributed by atoms with Crippen LogP contribution < -0.4 is 10.5 Å². The third kappa shape index (κ3) is 3.45. The predicted octanol–water partition coefficient (Wildman–Crippen LogP) is 3.42. The highest BCUT2D eigenvalue weighted by atomic mass is 35.5. The van der Waals surface area contributed by atoms with E-state index in [4.69, 9.17) is 28.9 Å². The number of sulfonamides is 1. The normalized spacial score (nSPS) is 11.8. The maximum Gasteiger partial charge on any atom is 0.241 e. The van der Waals surface area contributed by atoms with Crippen molar-refractivity contribution in [3.05, 3.63) is 44.1 Å². The van der Waals surface area contributed by atoms with Crippen molar-refractivity contribution in [2.24, 2.45) is 0 Å². The summed E-state index contributed by atoms with van der Waals surface area (Å²) in [6, 6.07) is 6.27. The van der Waals surface area contributed by atoms with Crippen LogP contribution in [0.15, 0.2) is 29.2 Å². The average Bonchev–Trinajstić information content (AvgIpc) is 2.79. The van der Waals surface area contributed by atoms with Crippen LogP contribution in [0, 0.1) is 6.92 Å². The standard InChI is InChI=1S/C12H12Cl2N2O2S2/c1-7-10(13)4-9(5-11(7)15)20(17,18)16-6-8-2-3-12(14)19-8/h2-5,16H,6,15H2,1H3. The molecule has 0 aliphatic carbocycles. The number of benzene rings is 1. The molecular formula is C12H12Cl2N2O2S2. The third-order valence-corrected chi connectivity index (χ3v) is 5.74. The number of nitrogen functional groups attached to an aromatic ring is 1. The van der Waals surface area contributed by atoms with E-state index >= 15 is 0 Å². The van der Waals surface area contributed by atoms with Crippen LogP contribution in [-0.2, 0) is 16.6 Å². The first-order chi connectivity index (χ1) is 9.29. The highest BCUT2D eigenvalue weighted by molar-refractivity contribution is 7.89. The largest absolute Gasteiger partial charge is 0.398 e. The molecule has 1 aromatic heterocycles. The van der Waals surface area contributed by atoms with Crippen LogP contribution in [-0.4, -0.2) is 8.42 Å². The van der Waals surface area contributed by atoms with Gasteiger partial charge in [0.1, 0.15) is 0 Å². The van der Waals surface area contributed by atoms with E-state index in [2.05, 4.69) is 4.72 Å². The van der Waals surface area contributed by atoms with Crippen molar-refractivity contribution >= 4 is 50.2 Å². The van der Waals surface area contributed by atoms with Gasteiger partial charge in [0.15, 0.2) is 0 Å². The number of hydrogen-bond donors (Lipinski definition) is 2. The van der Waals surface area contributed by atoms with Crippen LogP contribution in [0.5, 0.6) is 0 Å². The fourth-order valence-corrected chi connectivity index (χ4v) is 4.00. The quantitative estimate of drug-likeness (QED) is 0.829. The first-order valence-electron chi connectivity index (χ1n) is 5.59. The van der Waals surface area contributed by atoms with Gasteiger partial charge in [0.25, 0.3) is 0 Å². The minimum atomic E-state index is -3.66. The SMILES string of the molecule is Cc1c(N)cc(S(=O)(=O)NCc2ccc(Cl)s2)cc1Cl. The molecule has 0 saturated carbocycles. The van der Waals surface area contributed by atoms with E-state index < -0.39 is 10.0 Å². The number of hydrogen-bond acceptors (Lipinski definition) is 4. The summed E-state index contributed by atoms with van der Waals surface area (Å²) in [6.07, 6.45) is 0. The van der Waals surface area contributed by atoms with Gasteiger partial charge in [-0.1, -0.05) is 23.2 Å². The van der Waals surface area contributed by atoms with Gasteiger partial charge < -0.3 is 5.73 Å². The summed E-state index contributed by atoms with van der Waals surface area (Å²) in [5.74, 6) is 0. The second-order valence-corrected chi connectivity index (χ2v) is 8.12. The third-order valence-electron chi connectivity index (χ3n) is 2.73. The molecule has 0 bridgehead atoms. The Morgan fingerprint density at radius 2 is 2.00 bits per heavy atom. The highest BCUT2D eigenvalue weighted by Crippen LogP contribution is 2.26. The topological polar surface area (TPSA) is 72.2 Å². The van der Waals surface area contributed by atoms with E-state index in [1.54, 1.807) is 19.1 Å². The molecule has 8 heteroatoms. The lowest BCUT2D eigenvalue weighted by Gasteiger charge is -2.09. The number of halogens is 2. The van der Waals surface area contributed by atoms with Crippen LogP contribution in [0.3, 0.4) is 0 Å². The Morgan fingerprint density at radius 3 is 2.55 bits per heavy atom. The summed E-state index contributed by atoms with van der Waals surface area (Å²) < 4.78 is 27.5. The summed E-state index contributed by atoms with van der Waals surface area (Å²) in [6.45, 7) is 1.90. The Hall–Kier alpha value is -0.790. The fourth-order valence-electron chi connectivity index (χ4n) is 1.53. The maximum atomic E-state index is 12.2. The van der Waals surface area contributed by atoms with E-state index in [1.165, 1.54) is 23.5 Å². The lowest BCUT2D eigenvalue weighted by atomic mass is 10.2. The van der Waals surface area contributed by atoms with Gasteiger partial charge in [-0.25, -0.2) is 13.1 Å². The van der Waals surface area contributed by atoms with E-state index in [1.807, 2.05) is 0 Å². The molecular weight excluding hydrogens is 339 g/mol. The summed E-state index contributed by atoms with van der Waals surface area (Å²) in [5.41, 5.74) is 6.74. The van der Waals surface area contributed by atoms with Crippen LogP contribution in [0.2, 0.25) is 9.36 Å². The molecule has 3 N–H and O–H groups in total. The Balaban J connectivity index is 2.22. The second-order valence-electron chi connectivity index (χ2n) is 4.15. The van der Waals surface area contributed by atoms with Crippen molar-refractivity contribution in [2.45, 2.75) is 18.4 Å². The zero-order valence-electron chi connectivity index (χ0n) is 10.5. The molecule has 0 atom stereocenters. The van der Waals surface area contributed by atoms with Crippen LogP contribution in [0.1, 0.15) is 10.4 Å². The lowest BCUT2D eigenvalue weighted by Crippen LogP contribution is -2.23. The number of anilines is 1. The van der Waals surface area contributed by atoms with Gasteiger partial charge in [0, 0.05) is 22.1 Å². The predicted molar refractivity (Wildman–Crippen MR) is 84.0 cm³/mol. The maximum absolute atomic E-state index is 12.2. The first-order valence-corrected chi connectivity index (χ1v) is 8.64. The molecule has 0 aliphatic heterocycles. The van der Waals surface area contributed by atoms with Gasteiger partial charge in [-0.3, -0.25) is 0 Å². The Kier molecular flexibility index (Phi) is 4.61. The van der Waals surface area contributed by atoms with Crippen molar-refractivity contribution in [1.82, 2.24) is 4.72 Å². The molecule has 2 rings (SSSR count). The average molecular weight is 351 g/mol. The molecule has 1 heterocycles. The summed E-state index contributed by atoms with van der Waals surface area (Å²) in [7, 11) is -3.66. The van der Waals surface area contributed by atoms with Crippen molar-refractivity contribution in [2.75, 3.05) is 5.73 Å². The molecule has 0 spiro atoms. The van der Waals surface area contributed by atoms with Crippen molar-refractivity contribution < 1.29 is 8.42 Å². The molecule has 0 aliphatic rings. The molecule has 20 heavy (non-hydrogen) atoms. The molecule has 108 valence electrons. The van der Waals surface area contributed by atoms with Crippen molar-refractivity contribution in [3.63, 3.8) is 0 Å². The van der Waals surface area contributed by atoms with Gasteiger partial charge in [-0.15, -0.1) is 11.3 Å². The molecule has 4 nitrogen and oxygen atoms in total. The number of nitrogens with one attached hydrogen (secondary N) is 1. The van der Waals surface area contributed by atoms with Crippen molar-refractivity contribution in [1.29, 1.82) is 0 Å². The van der Waals surface area contributed by atoms with Crippen LogP contribution in [0.25, 0.3) is 0 Å². The number of nitrogens with two attached hydrogens (primary N) is 1.